The molecule has 0 radical (unpaired) electrons. The molecule has 1 aromatic heterocycles. The van der Waals surface area contributed by atoms with E-state index in [-0.39, 0.29) is 0 Å². The summed E-state index contributed by atoms with van der Waals surface area (Å²) in [5.74, 6) is 0. The van der Waals surface area contributed by atoms with E-state index in [0.717, 1.165) is 17.1 Å². The van der Waals surface area contributed by atoms with Crippen molar-refractivity contribution in [3.8, 4) is 16.8 Å². The number of benzene rings is 9. The molecule has 0 spiro atoms. The molecule has 0 atom stereocenters. The summed E-state index contributed by atoms with van der Waals surface area (Å²) < 4.78 is 2.45. The first-order valence-corrected chi connectivity index (χ1v) is 17.2. The van der Waals surface area contributed by atoms with Crippen LogP contribution >= 0.6 is 0 Å². The number of hydrogen-bond donors (Lipinski definition) is 0. The van der Waals surface area contributed by atoms with Crippen molar-refractivity contribution < 1.29 is 0 Å². The van der Waals surface area contributed by atoms with E-state index in [9.17, 15) is 0 Å². The maximum absolute atomic E-state index is 2.45. The van der Waals surface area contributed by atoms with Crippen LogP contribution in [0.15, 0.2) is 194 Å². The molecule has 2 nitrogen and oxygen atoms in total. The molecule has 2 heteroatoms. The number of fused-ring (bicyclic) bond motifs is 6. The van der Waals surface area contributed by atoms with Crippen LogP contribution in [0.2, 0.25) is 0 Å². The SMILES string of the molecule is c1ccc(N(c2ccc(-c3ccc4ccccc4c3)cc2)c2ccc(-n3c4ccccc4c4cc5ccccc5cc43)c3ccccc23)cc1. The molecule has 0 aliphatic rings. The fraction of sp³-hybridized carbons (Fsp3) is 0. The predicted octanol–water partition coefficient (Wildman–Crippen LogP) is 13.4. The first-order valence-electron chi connectivity index (χ1n) is 17.2. The smallest absolute Gasteiger partial charge is 0.0547 e. The van der Waals surface area contributed by atoms with Crippen molar-refractivity contribution in [3.63, 3.8) is 0 Å². The largest absolute Gasteiger partial charge is 0.310 e. The van der Waals surface area contributed by atoms with Crippen molar-refractivity contribution >= 4 is 71.2 Å². The van der Waals surface area contributed by atoms with Gasteiger partial charge in [-0.15, -0.1) is 0 Å². The molecular weight excluding hydrogens is 605 g/mol. The molecule has 50 heavy (non-hydrogen) atoms. The number of rotatable bonds is 5. The van der Waals surface area contributed by atoms with E-state index in [4.69, 9.17) is 0 Å². The van der Waals surface area contributed by atoms with Gasteiger partial charge in [-0.1, -0.05) is 133 Å². The second-order valence-electron chi connectivity index (χ2n) is 13.0. The van der Waals surface area contributed by atoms with Crippen LogP contribution in [0.3, 0.4) is 0 Å². The zero-order chi connectivity index (χ0) is 33.0. The molecule has 0 bridgehead atoms. The fourth-order valence-electron chi connectivity index (χ4n) is 7.75. The van der Waals surface area contributed by atoms with Gasteiger partial charge in [0.05, 0.1) is 22.4 Å². The maximum Gasteiger partial charge on any atom is 0.0547 e. The lowest BCUT2D eigenvalue weighted by atomic mass is 10.0. The standard InChI is InChI=1S/C48H32N2/c1-2-16-39(17-3-1)49(40-26-24-34(25-27-40)38-23-22-33-12-4-5-13-35(33)30-38)46-28-29-47(42-19-9-8-18-41(42)46)50-45-21-11-10-20-43(45)44-31-36-14-6-7-15-37(36)32-48(44)50/h1-32H. The van der Waals surface area contributed by atoms with Gasteiger partial charge in [-0.25, -0.2) is 0 Å². The van der Waals surface area contributed by atoms with E-state index < -0.39 is 0 Å². The fourth-order valence-corrected chi connectivity index (χ4v) is 7.75. The second kappa shape index (κ2) is 11.5. The molecule has 234 valence electrons. The number of aromatic nitrogens is 1. The van der Waals surface area contributed by atoms with Crippen molar-refractivity contribution in [3.05, 3.63) is 194 Å². The maximum atomic E-state index is 2.45. The Labute approximate surface area is 290 Å². The van der Waals surface area contributed by atoms with Gasteiger partial charge in [-0.3, -0.25) is 0 Å². The minimum atomic E-state index is 1.11. The summed E-state index contributed by atoms with van der Waals surface area (Å²) in [6.07, 6.45) is 0. The molecule has 0 fully saturated rings. The molecule has 0 aliphatic heterocycles. The Bertz CT molecular complexity index is 2860. The molecule has 10 rings (SSSR count). The molecule has 0 amide bonds. The molecular formula is C48H32N2. The summed E-state index contributed by atoms with van der Waals surface area (Å²) in [6, 6.07) is 70.5. The van der Waals surface area contributed by atoms with Gasteiger partial charge in [-0.05, 0) is 93.3 Å². The van der Waals surface area contributed by atoms with Gasteiger partial charge in [0.1, 0.15) is 0 Å². The number of para-hydroxylation sites is 2. The third-order valence-electron chi connectivity index (χ3n) is 10.1. The summed E-state index contributed by atoms with van der Waals surface area (Å²) in [7, 11) is 0. The summed E-state index contributed by atoms with van der Waals surface area (Å²) in [5, 5.41) is 9.94. The van der Waals surface area contributed by atoms with Crippen molar-refractivity contribution in [2.24, 2.45) is 0 Å². The van der Waals surface area contributed by atoms with Gasteiger partial charge >= 0.3 is 0 Å². The molecule has 0 aliphatic carbocycles. The lowest BCUT2D eigenvalue weighted by Gasteiger charge is -2.28. The van der Waals surface area contributed by atoms with Crippen LogP contribution in [0, 0.1) is 0 Å². The first kappa shape index (κ1) is 28.4. The Kier molecular flexibility index (Phi) is 6.53. The molecule has 0 unspecified atom stereocenters. The van der Waals surface area contributed by atoms with E-state index in [1.165, 1.54) is 70.9 Å². The van der Waals surface area contributed by atoms with Gasteiger partial charge in [0.2, 0.25) is 0 Å². The Morgan fingerprint density at radius 3 is 1.68 bits per heavy atom. The van der Waals surface area contributed by atoms with Crippen molar-refractivity contribution in [1.82, 2.24) is 4.57 Å². The molecule has 0 N–H and O–H groups in total. The first-order chi connectivity index (χ1) is 24.8. The van der Waals surface area contributed by atoms with Crippen LogP contribution in [-0.4, -0.2) is 4.57 Å². The van der Waals surface area contributed by atoms with Crippen molar-refractivity contribution in [2.45, 2.75) is 0 Å². The van der Waals surface area contributed by atoms with Crippen LogP contribution < -0.4 is 4.90 Å². The summed E-state index contributed by atoms with van der Waals surface area (Å²) >= 11 is 0. The number of hydrogen-bond acceptors (Lipinski definition) is 1. The molecule has 10 aromatic rings. The van der Waals surface area contributed by atoms with Crippen LogP contribution in [0.5, 0.6) is 0 Å². The Hall–Kier alpha value is -6.64. The van der Waals surface area contributed by atoms with E-state index in [1.54, 1.807) is 0 Å². The van der Waals surface area contributed by atoms with E-state index in [1.807, 2.05) is 0 Å². The average Bonchev–Trinajstić information content (AvgIpc) is 3.50. The van der Waals surface area contributed by atoms with Crippen LogP contribution in [-0.2, 0) is 0 Å². The molecule has 9 aromatic carbocycles. The van der Waals surface area contributed by atoms with Crippen molar-refractivity contribution in [1.29, 1.82) is 0 Å². The van der Waals surface area contributed by atoms with E-state index in [2.05, 4.69) is 204 Å². The zero-order valence-corrected chi connectivity index (χ0v) is 27.4. The van der Waals surface area contributed by atoms with Crippen LogP contribution in [0.1, 0.15) is 0 Å². The van der Waals surface area contributed by atoms with Gasteiger partial charge < -0.3 is 9.47 Å². The van der Waals surface area contributed by atoms with Gasteiger partial charge in [0.25, 0.3) is 0 Å². The molecule has 0 saturated heterocycles. The summed E-state index contributed by atoms with van der Waals surface area (Å²) in [6.45, 7) is 0. The highest BCUT2D eigenvalue weighted by Gasteiger charge is 2.20. The third kappa shape index (κ3) is 4.57. The zero-order valence-electron chi connectivity index (χ0n) is 27.4. The quantitative estimate of drug-likeness (QED) is 0.182. The third-order valence-corrected chi connectivity index (χ3v) is 10.1. The summed E-state index contributed by atoms with van der Waals surface area (Å²) in [5.41, 5.74) is 9.38. The van der Waals surface area contributed by atoms with Crippen LogP contribution in [0.25, 0.3) is 70.9 Å². The normalized spacial score (nSPS) is 11.6. The minimum absolute atomic E-state index is 1.11. The topological polar surface area (TPSA) is 8.17 Å². The molecule has 0 saturated carbocycles. The highest BCUT2D eigenvalue weighted by Crippen LogP contribution is 2.43. The lowest BCUT2D eigenvalue weighted by molar-refractivity contribution is 1.19. The minimum Gasteiger partial charge on any atom is -0.310 e. The monoisotopic (exact) mass is 636 g/mol. The number of anilines is 3. The van der Waals surface area contributed by atoms with Crippen LogP contribution in [0.4, 0.5) is 17.1 Å². The highest BCUT2D eigenvalue weighted by atomic mass is 15.1. The van der Waals surface area contributed by atoms with Gasteiger partial charge in [0.15, 0.2) is 0 Å². The Morgan fingerprint density at radius 1 is 0.320 bits per heavy atom. The van der Waals surface area contributed by atoms with E-state index in [0.29, 0.717) is 0 Å². The number of nitrogens with zero attached hydrogens (tertiary/aromatic N) is 2. The molecule has 1 heterocycles. The van der Waals surface area contributed by atoms with E-state index >= 15 is 0 Å². The second-order valence-corrected chi connectivity index (χ2v) is 13.0. The van der Waals surface area contributed by atoms with Crippen molar-refractivity contribution in [2.75, 3.05) is 4.90 Å². The lowest BCUT2D eigenvalue weighted by Crippen LogP contribution is -2.11. The predicted molar refractivity (Wildman–Crippen MR) is 213 cm³/mol. The Morgan fingerprint density at radius 2 is 0.900 bits per heavy atom. The average molecular weight is 637 g/mol. The summed E-state index contributed by atoms with van der Waals surface area (Å²) in [4.78, 5) is 2.38. The van der Waals surface area contributed by atoms with Gasteiger partial charge in [0, 0.05) is 32.9 Å². The highest BCUT2D eigenvalue weighted by molar-refractivity contribution is 6.15. The van der Waals surface area contributed by atoms with Gasteiger partial charge in [-0.2, -0.15) is 0 Å². The Balaban J connectivity index is 1.16.